The van der Waals surface area contributed by atoms with Gasteiger partial charge < -0.3 is 4.90 Å². The summed E-state index contributed by atoms with van der Waals surface area (Å²) in [5.74, 6) is 0.915. The monoisotopic (exact) mass is 354 g/mol. The molecule has 0 amide bonds. The first kappa shape index (κ1) is 15.0. The minimum Gasteiger partial charge on any atom is -0.320 e. The number of nitrogens with zero attached hydrogens (tertiary/aromatic N) is 4. The Balaban J connectivity index is 1.79. The highest BCUT2D eigenvalue weighted by molar-refractivity contribution is 7.17. The van der Waals surface area contributed by atoms with E-state index in [-0.39, 0.29) is 5.78 Å². The van der Waals surface area contributed by atoms with Crippen molar-refractivity contribution >= 4 is 44.9 Å². The Labute approximate surface area is 146 Å². The third kappa shape index (κ3) is 2.51. The first-order valence-electron chi connectivity index (χ1n) is 7.36. The van der Waals surface area contributed by atoms with Gasteiger partial charge in [0.05, 0.1) is 21.0 Å². The number of ketones is 1. The van der Waals surface area contributed by atoms with Gasteiger partial charge in [-0.2, -0.15) is 0 Å². The second kappa shape index (κ2) is 5.85. The van der Waals surface area contributed by atoms with Gasteiger partial charge in [-0.15, -0.1) is 27.8 Å². The number of hydrogen-bond acceptors (Lipinski definition) is 6. The molecule has 4 heterocycles. The molecule has 0 N–H and O–H groups in total. The average Bonchev–Trinajstić information content (AvgIpc) is 3.31. The summed E-state index contributed by atoms with van der Waals surface area (Å²) < 4.78 is 1.83. The summed E-state index contributed by atoms with van der Waals surface area (Å²) >= 11 is 3.13. The highest BCUT2D eigenvalue weighted by Crippen LogP contribution is 2.30. The normalized spacial score (nSPS) is 11.1. The van der Waals surface area contributed by atoms with E-state index in [1.807, 2.05) is 52.2 Å². The lowest BCUT2D eigenvalue weighted by Gasteiger charge is -2.15. The summed E-state index contributed by atoms with van der Waals surface area (Å²) in [6.45, 7) is 1.58. The number of carbonyl (C=O) groups is 1. The number of imidazole rings is 1. The van der Waals surface area contributed by atoms with Crippen molar-refractivity contribution in [3.63, 3.8) is 0 Å². The first-order valence-corrected chi connectivity index (χ1v) is 9.06. The van der Waals surface area contributed by atoms with E-state index < -0.39 is 0 Å². The Morgan fingerprint density at radius 1 is 1.21 bits per heavy atom. The predicted octanol–water partition coefficient (Wildman–Crippen LogP) is 4.49. The van der Waals surface area contributed by atoms with Crippen molar-refractivity contribution in [2.24, 2.45) is 0 Å². The number of anilines is 2. The second-order valence-corrected chi connectivity index (χ2v) is 7.35. The summed E-state index contributed by atoms with van der Waals surface area (Å²) in [5.41, 5.74) is 1.68. The molecule has 0 aliphatic carbocycles. The van der Waals surface area contributed by atoms with E-state index in [9.17, 15) is 4.79 Å². The van der Waals surface area contributed by atoms with Crippen LogP contribution in [-0.4, -0.2) is 27.4 Å². The molecule has 0 aliphatic heterocycles. The predicted molar refractivity (Wildman–Crippen MR) is 98.7 cm³/mol. The molecular weight excluding hydrogens is 340 g/mol. The third-order valence-corrected chi connectivity index (χ3v) is 5.89. The fourth-order valence-electron chi connectivity index (χ4n) is 2.45. The Bertz CT molecular complexity index is 1020. The molecule has 4 rings (SSSR count). The van der Waals surface area contributed by atoms with Crippen molar-refractivity contribution in [1.82, 2.24) is 14.6 Å². The van der Waals surface area contributed by atoms with E-state index in [1.54, 1.807) is 24.5 Å². The molecule has 0 fully saturated rings. The van der Waals surface area contributed by atoms with Crippen LogP contribution < -0.4 is 4.90 Å². The maximum atomic E-state index is 11.5. The summed E-state index contributed by atoms with van der Waals surface area (Å²) in [6, 6.07) is 11.8. The molecule has 0 saturated carbocycles. The summed E-state index contributed by atoms with van der Waals surface area (Å²) in [6.07, 6.45) is 1.80. The van der Waals surface area contributed by atoms with Crippen LogP contribution in [0, 0.1) is 0 Å². The molecule has 0 unspecified atom stereocenters. The molecule has 0 aromatic carbocycles. The highest BCUT2D eigenvalue weighted by atomic mass is 32.1. The summed E-state index contributed by atoms with van der Waals surface area (Å²) in [5, 5.41) is 7.90. The van der Waals surface area contributed by atoms with Crippen LogP contribution in [0.4, 0.5) is 10.8 Å². The van der Waals surface area contributed by atoms with E-state index in [0.29, 0.717) is 0 Å². The van der Waals surface area contributed by atoms with Crippen molar-refractivity contribution in [2.45, 2.75) is 6.92 Å². The fraction of sp³-hybridized carbons (Fsp3) is 0.118. The van der Waals surface area contributed by atoms with E-state index >= 15 is 0 Å². The van der Waals surface area contributed by atoms with Gasteiger partial charge in [0, 0.05) is 7.05 Å². The van der Waals surface area contributed by atoms with Crippen LogP contribution in [0.25, 0.3) is 16.2 Å². The molecular formula is C17H14N4OS2. The highest BCUT2D eigenvalue weighted by Gasteiger charge is 2.14. The van der Waals surface area contributed by atoms with E-state index in [2.05, 4.69) is 11.1 Å². The number of thiophene rings is 2. The van der Waals surface area contributed by atoms with Gasteiger partial charge in [-0.05, 0) is 48.7 Å². The Hall–Kier alpha value is -2.51. The lowest BCUT2D eigenvalue weighted by Crippen LogP contribution is -2.11. The number of carbonyl (C=O) groups excluding carboxylic acids is 1. The van der Waals surface area contributed by atoms with Gasteiger partial charge in [-0.3, -0.25) is 4.79 Å². The minimum absolute atomic E-state index is 0.0751. The first-order chi connectivity index (χ1) is 11.6. The second-order valence-electron chi connectivity index (χ2n) is 5.34. The molecule has 4 aromatic heterocycles. The Morgan fingerprint density at radius 3 is 2.79 bits per heavy atom. The smallest absolute Gasteiger partial charge is 0.169 e. The lowest BCUT2D eigenvalue weighted by molar-refractivity contribution is 0.102. The van der Waals surface area contributed by atoms with Gasteiger partial charge in [0.2, 0.25) is 0 Å². The Kier molecular flexibility index (Phi) is 3.66. The summed E-state index contributed by atoms with van der Waals surface area (Å²) in [4.78, 5) is 19.7. The maximum Gasteiger partial charge on any atom is 0.169 e. The van der Waals surface area contributed by atoms with Crippen LogP contribution in [0.15, 0.2) is 48.0 Å². The topological polar surface area (TPSA) is 50.5 Å². The van der Waals surface area contributed by atoms with Crippen LogP contribution in [0.1, 0.15) is 16.6 Å². The van der Waals surface area contributed by atoms with Crippen LogP contribution in [0.3, 0.4) is 0 Å². The van der Waals surface area contributed by atoms with Gasteiger partial charge in [0.15, 0.2) is 17.2 Å². The fourth-order valence-corrected chi connectivity index (χ4v) is 4.05. The lowest BCUT2D eigenvalue weighted by atomic mass is 10.3. The zero-order chi connectivity index (χ0) is 16.7. The van der Waals surface area contributed by atoms with Crippen LogP contribution in [-0.2, 0) is 0 Å². The van der Waals surface area contributed by atoms with Gasteiger partial charge in [0.25, 0.3) is 0 Å². The van der Waals surface area contributed by atoms with Crippen LogP contribution >= 0.6 is 22.7 Å². The Morgan fingerprint density at radius 2 is 2.08 bits per heavy atom. The van der Waals surface area contributed by atoms with Gasteiger partial charge in [-0.1, -0.05) is 0 Å². The molecule has 0 radical (unpaired) electrons. The standard InChI is InChI=1S/C17H14N4OS2/c1-11(22)13-5-6-14(24-13)12-10-18-15-7-8-16(19-21(12)15)20(2)17-4-3-9-23-17/h3-10H,1-2H3. The number of Topliss-reactive ketones (excluding diaryl/α,β-unsaturated/α-hetero) is 1. The van der Waals surface area contributed by atoms with E-state index in [4.69, 9.17) is 5.10 Å². The van der Waals surface area contributed by atoms with Gasteiger partial charge in [0.1, 0.15) is 5.69 Å². The summed E-state index contributed by atoms with van der Waals surface area (Å²) in [7, 11) is 2.00. The number of fused-ring (bicyclic) bond motifs is 1. The molecule has 24 heavy (non-hydrogen) atoms. The van der Waals surface area contributed by atoms with E-state index in [1.165, 1.54) is 11.3 Å². The number of rotatable bonds is 4. The van der Waals surface area contributed by atoms with Crippen LogP contribution in [0.5, 0.6) is 0 Å². The zero-order valence-corrected chi connectivity index (χ0v) is 14.8. The van der Waals surface area contributed by atoms with E-state index in [0.717, 1.165) is 31.9 Å². The molecule has 4 aromatic rings. The van der Waals surface area contributed by atoms with Gasteiger partial charge >= 0.3 is 0 Å². The molecule has 120 valence electrons. The largest absolute Gasteiger partial charge is 0.320 e. The molecule has 7 heteroatoms. The molecule has 0 aliphatic rings. The van der Waals surface area contributed by atoms with Crippen molar-refractivity contribution in [3.8, 4) is 10.6 Å². The average molecular weight is 354 g/mol. The molecule has 0 spiro atoms. The molecule has 0 saturated heterocycles. The maximum absolute atomic E-state index is 11.5. The quantitative estimate of drug-likeness (QED) is 0.507. The molecule has 0 bridgehead atoms. The van der Waals surface area contributed by atoms with Gasteiger partial charge in [-0.25, -0.2) is 9.50 Å². The molecule has 0 atom stereocenters. The van der Waals surface area contributed by atoms with Crippen molar-refractivity contribution in [2.75, 3.05) is 11.9 Å². The number of aromatic nitrogens is 3. The molecule has 5 nitrogen and oxygen atoms in total. The number of hydrogen-bond donors (Lipinski definition) is 0. The SMILES string of the molecule is CC(=O)c1ccc(-c2cnc3ccc(N(C)c4cccs4)nn23)s1. The van der Waals surface area contributed by atoms with Crippen molar-refractivity contribution in [1.29, 1.82) is 0 Å². The zero-order valence-electron chi connectivity index (χ0n) is 13.1. The minimum atomic E-state index is 0.0751. The third-order valence-electron chi connectivity index (χ3n) is 3.73. The van der Waals surface area contributed by atoms with Crippen molar-refractivity contribution in [3.05, 3.63) is 52.9 Å². The van der Waals surface area contributed by atoms with Crippen molar-refractivity contribution < 1.29 is 4.79 Å². The van der Waals surface area contributed by atoms with Crippen LogP contribution in [0.2, 0.25) is 0 Å².